The monoisotopic (exact) mass is 336 g/mol. The average Bonchev–Trinajstić information content (AvgIpc) is 2.66. The zero-order valence-corrected chi connectivity index (χ0v) is 14.3. The lowest BCUT2D eigenvalue weighted by atomic mass is 10.0. The molecular formula is C20H20N2O3. The molecule has 0 radical (unpaired) electrons. The molecule has 0 aliphatic carbocycles. The number of rotatable bonds is 6. The standard InChI is InChI=1S/C20H20N2O3/c1-3-25-20(24)18(13-15-7-5-4-6-8-15)22(2)19(23)17-11-9-16(14-21)10-12-17/h4-12,18H,3,13H2,1-2H3/t18-/m1/s1. The van der Waals surface area contributed by atoms with Gasteiger partial charge in [0.2, 0.25) is 0 Å². The lowest BCUT2D eigenvalue weighted by Crippen LogP contribution is -2.44. The molecule has 0 fully saturated rings. The van der Waals surface area contributed by atoms with Gasteiger partial charge in [-0.05, 0) is 36.8 Å². The first-order chi connectivity index (χ1) is 12.1. The Morgan fingerprint density at radius 3 is 2.32 bits per heavy atom. The van der Waals surface area contributed by atoms with Crippen molar-refractivity contribution in [2.45, 2.75) is 19.4 Å². The van der Waals surface area contributed by atoms with E-state index < -0.39 is 12.0 Å². The van der Waals surface area contributed by atoms with E-state index in [4.69, 9.17) is 10.00 Å². The molecule has 2 rings (SSSR count). The summed E-state index contributed by atoms with van der Waals surface area (Å²) >= 11 is 0. The fourth-order valence-electron chi connectivity index (χ4n) is 2.49. The van der Waals surface area contributed by atoms with Gasteiger partial charge in [-0.15, -0.1) is 0 Å². The molecule has 5 nitrogen and oxygen atoms in total. The van der Waals surface area contributed by atoms with Crippen LogP contribution in [0.3, 0.4) is 0 Å². The van der Waals surface area contributed by atoms with Gasteiger partial charge in [0.25, 0.3) is 5.91 Å². The third-order valence-corrected chi connectivity index (χ3v) is 3.88. The molecule has 0 bridgehead atoms. The van der Waals surface area contributed by atoms with Crippen LogP contribution in [0.2, 0.25) is 0 Å². The second-order valence-electron chi connectivity index (χ2n) is 5.56. The van der Waals surface area contributed by atoms with Crippen LogP contribution in [0.1, 0.15) is 28.4 Å². The quantitative estimate of drug-likeness (QED) is 0.761. The Hall–Kier alpha value is -3.13. The van der Waals surface area contributed by atoms with E-state index in [1.807, 2.05) is 36.4 Å². The third kappa shape index (κ3) is 4.67. The summed E-state index contributed by atoms with van der Waals surface area (Å²) in [6, 6.07) is 17.1. The van der Waals surface area contributed by atoms with Crippen molar-refractivity contribution in [1.82, 2.24) is 4.90 Å². The van der Waals surface area contributed by atoms with Gasteiger partial charge in [-0.2, -0.15) is 5.26 Å². The van der Waals surface area contributed by atoms with Crippen LogP contribution >= 0.6 is 0 Å². The van der Waals surface area contributed by atoms with Gasteiger partial charge >= 0.3 is 5.97 Å². The molecule has 0 heterocycles. The number of likely N-dealkylation sites (N-methyl/N-ethyl adjacent to an activating group) is 1. The van der Waals surface area contributed by atoms with E-state index >= 15 is 0 Å². The number of nitrogens with zero attached hydrogens (tertiary/aromatic N) is 2. The van der Waals surface area contributed by atoms with Crippen LogP contribution in [-0.2, 0) is 16.0 Å². The van der Waals surface area contributed by atoms with E-state index in [1.54, 1.807) is 38.2 Å². The van der Waals surface area contributed by atoms with E-state index in [2.05, 4.69) is 0 Å². The van der Waals surface area contributed by atoms with Gasteiger partial charge in [-0.1, -0.05) is 30.3 Å². The van der Waals surface area contributed by atoms with Crippen LogP contribution in [0.4, 0.5) is 0 Å². The fourth-order valence-corrected chi connectivity index (χ4v) is 2.49. The van der Waals surface area contributed by atoms with Gasteiger partial charge in [0.15, 0.2) is 0 Å². The second kappa shape index (κ2) is 8.65. The lowest BCUT2D eigenvalue weighted by molar-refractivity contribution is -0.148. The first-order valence-electron chi connectivity index (χ1n) is 8.04. The van der Waals surface area contributed by atoms with Crippen LogP contribution in [0, 0.1) is 11.3 Å². The van der Waals surface area contributed by atoms with Crippen molar-refractivity contribution in [1.29, 1.82) is 5.26 Å². The highest BCUT2D eigenvalue weighted by Crippen LogP contribution is 2.14. The number of hydrogen-bond donors (Lipinski definition) is 0. The van der Waals surface area contributed by atoms with Gasteiger partial charge < -0.3 is 9.64 Å². The number of carbonyl (C=O) groups excluding carboxylic acids is 2. The Kier molecular flexibility index (Phi) is 6.30. The zero-order valence-electron chi connectivity index (χ0n) is 14.3. The fraction of sp³-hybridized carbons (Fsp3) is 0.250. The van der Waals surface area contributed by atoms with Crippen molar-refractivity contribution in [2.24, 2.45) is 0 Å². The molecule has 0 aromatic heterocycles. The smallest absolute Gasteiger partial charge is 0.329 e. The second-order valence-corrected chi connectivity index (χ2v) is 5.56. The van der Waals surface area contributed by atoms with Crippen molar-refractivity contribution in [3.8, 4) is 6.07 Å². The van der Waals surface area contributed by atoms with Gasteiger partial charge in [0.1, 0.15) is 6.04 Å². The predicted molar refractivity (Wildman–Crippen MR) is 93.8 cm³/mol. The predicted octanol–water partition coefficient (Wildman–Crippen LogP) is 2.80. The summed E-state index contributed by atoms with van der Waals surface area (Å²) in [5.74, 6) is -0.727. The van der Waals surface area contributed by atoms with Crippen LogP contribution in [0.15, 0.2) is 54.6 Å². The molecular weight excluding hydrogens is 316 g/mol. The molecule has 2 aromatic carbocycles. The van der Waals surface area contributed by atoms with E-state index in [0.29, 0.717) is 17.5 Å². The molecule has 5 heteroatoms. The van der Waals surface area contributed by atoms with Gasteiger partial charge in [-0.25, -0.2) is 4.79 Å². The topological polar surface area (TPSA) is 70.4 Å². The van der Waals surface area contributed by atoms with Crippen molar-refractivity contribution >= 4 is 11.9 Å². The number of carbonyl (C=O) groups is 2. The molecule has 0 N–H and O–H groups in total. The minimum absolute atomic E-state index is 0.253. The molecule has 128 valence electrons. The molecule has 2 aromatic rings. The molecule has 0 unspecified atom stereocenters. The largest absolute Gasteiger partial charge is 0.464 e. The number of hydrogen-bond acceptors (Lipinski definition) is 4. The number of amides is 1. The van der Waals surface area contributed by atoms with Crippen molar-refractivity contribution < 1.29 is 14.3 Å². The van der Waals surface area contributed by atoms with E-state index in [-0.39, 0.29) is 12.5 Å². The van der Waals surface area contributed by atoms with E-state index in [9.17, 15) is 9.59 Å². The number of nitriles is 1. The highest BCUT2D eigenvalue weighted by atomic mass is 16.5. The molecule has 1 amide bonds. The maximum Gasteiger partial charge on any atom is 0.329 e. The maximum absolute atomic E-state index is 12.7. The Morgan fingerprint density at radius 2 is 1.76 bits per heavy atom. The highest BCUT2D eigenvalue weighted by molar-refractivity contribution is 5.96. The van der Waals surface area contributed by atoms with Crippen molar-refractivity contribution in [3.05, 3.63) is 71.3 Å². The van der Waals surface area contributed by atoms with Gasteiger partial charge in [-0.3, -0.25) is 4.79 Å². The summed E-state index contributed by atoms with van der Waals surface area (Å²) in [6.45, 7) is 1.99. The van der Waals surface area contributed by atoms with Crippen LogP contribution in [0.25, 0.3) is 0 Å². The van der Waals surface area contributed by atoms with Crippen LogP contribution in [0.5, 0.6) is 0 Å². The summed E-state index contributed by atoms with van der Waals surface area (Å²) in [5.41, 5.74) is 1.84. The molecule has 0 saturated heterocycles. The SMILES string of the molecule is CCOC(=O)[C@@H](Cc1ccccc1)N(C)C(=O)c1ccc(C#N)cc1. The zero-order chi connectivity index (χ0) is 18.2. The van der Waals surface area contributed by atoms with E-state index in [1.165, 1.54) is 4.90 Å². The van der Waals surface area contributed by atoms with Gasteiger partial charge in [0.05, 0.1) is 18.2 Å². The summed E-state index contributed by atoms with van der Waals surface area (Å²) in [5, 5.41) is 8.85. The number of benzene rings is 2. The first-order valence-corrected chi connectivity index (χ1v) is 8.04. The minimum Gasteiger partial charge on any atom is -0.464 e. The first kappa shape index (κ1) is 18.2. The molecule has 0 spiro atoms. The lowest BCUT2D eigenvalue weighted by Gasteiger charge is -2.26. The Labute approximate surface area is 147 Å². The average molecular weight is 336 g/mol. The summed E-state index contributed by atoms with van der Waals surface area (Å²) in [7, 11) is 1.59. The van der Waals surface area contributed by atoms with Crippen LogP contribution in [-0.4, -0.2) is 36.5 Å². The number of ether oxygens (including phenoxy) is 1. The maximum atomic E-state index is 12.7. The molecule has 0 aliphatic rings. The summed E-state index contributed by atoms with van der Waals surface area (Å²) in [6.07, 6.45) is 0.373. The molecule has 25 heavy (non-hydrogen) atoms. The summed E-state index contributed by atoms with van der Waals surface area (Å²) in [4.78, 5) is 26.5. The highest BCUT2D eigenvalue weighted by Gasteiger charge is 2.29. The summed E-state index contributed by atoms with van der Waals surface area (Å²) < 4.78 is 5.14. The minimum atomic E-state index is -0.717. The Morgan fingerprint density at radius 1 is 1.12 bits per heavy atom. The Balaban J connectivity index is 2.23. The van der Waals surface area contributed by atoms with Crippen molar-refractivity contribution in [3.63, 3.8) is 0 Å². The third-order valence-electron chi connectivity index (χ3n) is 3.88. The van der Waals surface area contributed by atoms with E-state index in [0.717, 1.165) is 5.56 Å². The van der Waals surface area contributed by atoms with Gasteiger partial charge in [0, 0.05) is 19.0 Å². The van der Waals surface area contributed by atoms with Crippen molar-refractivity contribution in [2.75, 3.05) is 13.7 Å². The Bertz CT molecular complexity index is 764. The molecule has 0 aliphatic heterocycles. The normalized spacial score (nSPS) is 11.2. The number of esters is 1. The molecule has 1 atom stereocenters. The molecule has 0 saturated carbocycles. The van der Waals surface area contributed by atoms with Crippen LogP contribution < -0.4 is 0 Å².